The summed E-state index contributed by atoms with van der Waals surface area (Å²) in [6, 6.07) is 1.36. The number of hydrogen-bond donors (Lipinski definition) is 3. The molecule has 0 radical (unpaired) electrons. The van der Waals surface area contributed by atoms with E-state index < -0.39 is 21.4 Å². The van der Waals surface area contributed by atoms with Gasteiger partial charge in [-0.15, -0.1) is 0 Å². The second-order valence-electron chi connectivity index (χ2n) is 4.44. The minimum absolute atomic E-state index is 0.000810. The number of carbonyl (C=O) groups is 1. The number of fused-ring (bicyclic) bond motifs is 1. The molecule has 2 rings (SSSR count). The SMILES string of the molecule is Cc1cc(C(=O)O)c2c(c1N)CCC(S(N)(=O)=O)O2. The highest BCUT2D eigenvalue weighted by molar-refractivity contribution is 7.89. The molecule has 1 aromatic rings. The first-order valence-corrected chi connectivity index (χ1v) is 7.16. The molecule has 0 spiro atoms. The molecule has 0 amide bonds. The van der Waals surface area contributed by atoms with E-state index in [2.05, 4.69) is 0 Å². The second-order valence-corrected chi connectivity index (χ2v) is 6.15. The summed E-state index contributed by atoms with van der Waals surface area (Å²) in [6.45, 7) is 1.69. The number of primary sulfonamides is 1. The van der Waals surface area contributed by atoms with Gasteiger partial charge in [0.05, 0.1) is 0 Å². The van der Waals surface area contributed by atoms with E-state index in [1.165, 1.54) is 6.07 Å². The van der Waals surface area contributed by atoms with Crippen LogP contribution >= 0.6 is 0 Å². The van der Waals surface area contributed by atoms with E-state index in [0.717, 1.165) is 0 Å². The Morgan fingerprint density at radius 3 is 2.68 bits per heavy atom. The predicted octanol–water partition coefficient (Wildman–Crippen LogP) is 0.215. The Morgan fingerprint density at radius 1 is 1.53 bits per heavy atom. The molecule has 0 saturated carbocycles. The summed E-state index contributed by atoms with van der Waals surface area (Å²) in [6.07, 6.45) is 0.461. The summed E-state index contributed by atoms with van der Waals surface area (Å²) in [7, 11) is -3.89. The highest BCUT2D eigenvalue weighted by atomic mass is 32.2. The average molecular weight is 286 g/mol. The first-order valence-electron chi connectivity index (χ1n) is 5.55. The van der Waals surface area contributed by atoms with Crippen molar-refractivity contribution in [1.29, 1.82) is 0 Å². The molecule has 1 heterocycles. The number of anilines is 1. The van der Waals surface area contributed by atoms with Gasteiger partial charge in [-0.2, -0.15) is 0 Å². The van der Waals surface area contributed by atoms with Crippen molar-refractivity contribution in [3.8, 4) is 5.75 Å². The van der Waals surface area contributed by atoms with Crippen LogP contribution in [0.1, 0.15) is 27.9 Å². The molecular formula is C11H14N2O5S. The maximum absolute atomic E-state index is 11.3. The van der Waals surface area contributed by atoms with Gasteiger partial charge in [-0.05, 0) is 25.0 Å². The molecule has 1 aliphatic heterocycles. The molecule has 0 aromatic heterocycles. The highest BCUT2D eigenvalue weighted by Gasteiger charge is 2.33. The van der Waals surface area contributed by atoms with Crippen LogP contribution in [0, 0.1) is 6.92 Å². The van der Waals surface area contributed by atoms with Crippen molar-refractivity contribution in [3.05, 3.63) is 22.8 Å². The third-order valence-electron chi connectivity index (χ3n) is 3.11. The van der Waals surface area contributed by atoms with Crippen molar-refractivity contribution in [3.63, 3.8) is 0 Å². The van der Waals surface area contributed by atoms with Gasteiger partial charge in [-0.1, -0.05) is 0 Å². The molecule has 0 bridgehead atoms. The number of sulfonamides is 1. The van der Waals surface area contributed by atoms with Crippen LogP contribution in [0.4, 0.5) is 5.69 Å². The van der Waals surface area contributed by atoms with Gasteiger partial charge < -0.3 is 15.6 Å². The maximum Gasteiger partial charge on any atom is 0.339 e. The van der Waals surface area contributed by atoms with E-state index in [0.29, 0.717) is 23.2 Å². The third kappa shape index (κ3) is 2.36. The quantitative estimate of drug-likeness (QED) is 0.666. The number of carboxylic acid groups (broad SMARTS) is 1. The average Bonchev–Trinajstić information content (AvgIpc) is 2.31. The van der Waals surface area contributed by atoms with Crippen molar-refractivity contribution in [1.82, 2.24) is 0 Å². The molecule has 5 N–H and O–H groups in total. The second kappa shape index (κ2) is 4.39. The lowest BCUT2D eigenvalue weighted by Gasteiger charge is -2.27. The van der Waals surface area contributed by atoms with Crippen molar-refractivity contribution >= 4 is 21.7 Å². The monoisotopic (exact) mass is 286 g/mol. The minimum atomic E-state index is -3.89. The van der Waals surface area contributed by atoms with Crippen LogP contribution < -0.4 is 15.6 Å². The number of rotatable bonds is 2. The van der Waals surface area contributed by atoms with Crippen molar-refractivity contribution < 1.29 is 23.1 Å². The molecule has 8 heteroatoms. The molecule has 1 unspecified atom stereocenters. The minimum Gasteiger partial charge on any atom is -0.478 e. The van der Waals surface area contributed by atoms with Gasteiger partial charge >= 0.3 is 5.97 Å². The number of ether oxygens (including phenoxy) is 1. The molecule has 1 aliphatic rings. The summed E-state index contributed by atoms with van der Waals surface area (Å²) in [4.78, 5) is 11.2. The maximum atomic E-state index is 11.3. The Hall–Kier alpha value is -1.80. The van der Waals surface area contributed by atoms with E-state index in [1.807, 2.05) is 0 Å². The normalized spacial score (nSPS) is 18.5. The molecule has 104 valence electrons. The lowest BCUT2D eigenvalue weighted by atomic mass is 9.97. The number of carboxylic acids is 1. The Morgan fingerprint density at radius 2 is 2.16 bits per heavy atom. The Balaban J connectivity index is 2.60. The van der Waals surface area contributed by atoms with Gasteiger partial charge in [-0.25, -0.2) is 18.4 Å². The van der Waals surface area contributed by atoms with Gasteiger partial charge in [0.25, 0.3) is 0 Å². The summed E-state index contributed by atoms with van der Waals surface area (Å²) < 4.78 is 27.9. The Kier molecular flexibility index (Phi) is 3.15. The number of benzene rings is 1. The summed E-state index contributed by atoms with van der Waals surface area (Å²) in [5, 5.41) is 14.2. The largest absolute Gasteiger partial charge is 0.478 e. The molecule has 7 nitrogen and oxygen atoms in total. The molecule has 1 aromatic carbocycles. The molecule has 0 saturated heterocycles. The zero-order valence-corrected chi connectivity index (χ0v) is 11.0. The standard InChI is InChI=1S/C11H14N2O5S/c1-5-4-7(11(14)15)10-6(9(5)12)2-3-8(18-10)19(13,16)17/h4,8H,2-3,12H2,1H3,(H,14,15)(H2,13,16,17). The van der Waals surface area contributed by atoms with Gasteiger partial charge in [0.15, 0.2) is 0 Å². The van der Waals surface area contributed by atoms with Crippen LogP contribution in [0.25, 0.3) is 0 Å². The number of aromatic carboxylic acids is 1. The van der Waals surface area contributed by atoms with E-state index in [9.17, 15) is 13.2 Å². The molecule has 0 fully saturated rings. The third-order valence-corrected chi connectivity index (χ3v) is 4.17. The lowest BCUT2D eigenvalue weighted by molar-refractivity contribution is 0.0689. The van der Waals surface area contributed by atoms with E-state index in [-0.39, 0.29) is 17.7 Å². The summed E-state index contributed by atoms with van der Waals surface area (Å²) in [5.74, 6) is -1.20. The van der Waals surface area contributed by atoms with Gasteiger partial charge in [0, 0.05) is 17.7 Å². The fraction of sp³-hybridized carbons (Fsp3) is 0.364. The predicted molar refractivity (Wildman–Crippen MR) is 68.4 cm³/mol. The number of nitrogens with two attached hydrogens (primary N) is 2. The highest BCUT2D eigenvalue weighted by Crippen LogP contribution is 2.38. The molecule has 1 atom stereocenters. The Bertz CT molecular complexity index is 654. The van der Waals surface area contributed by atoms with Crippen LogP contribution in [-0.2, 0) is 16.4 Å². The summed E-state index contributed by atoms with van der Waals surface area (Å²) in [5.41, 5.74) is 6.10. The van der Waals surface area contributed by atoms with Crippen LogP contribution in [0.15, 0.2) is 6.07 Å². The van der Waals surface area contributed by atoms with Gasteiger partial charge in [0.2, 0.25) is 15.5 Å². The van der Waals surface area contributed by atoms with Crippen molar-refractivity contribution in [2.24, 2.45) is 5.14 Å². The van der Waals surface area contributed by atoms with Crippen LogP contribution in [-0.4, -0.2) is 24.9 Å². The van der Waals surface area contributed by atoms with Crippen LogP contribution in [0.5, 0.6) is 5.75 Å². The lowest BCUT2D eigenvalue weighted by Crippen LogP contribution is -2.37. The van der Waals surface area contributed by atoms with E-state index >= 15 is 0 Å². The van der Waals surface area contributed by atoms with E-state index in [1.54, 1.807) is 6.92 Å². The smallest absolute Gasteiger partial charge is 0.339 e. The fourth-order valence-corrected chi connectivity index (χ4v) is 2.78. The van der Waals surface area contributed by atoms with Crippen molar-refractivity contribution in [2.75, 3.05) is 5.73 Å². The first-order chi connectivity index (χ1) is 8.71. The molecular weight excluding hydrogens is 272 g/mol. The number of aryl methyl sites for hydroxylation is 1. The van der Waals surface area contributed by atoms with Gasteiger partial charge in [0.1, 0.15) is 11.3 Å². The number of hydrogen-bond acceptors (Lipinski definition) is 5. The zero-order valence-electron chi connectivity index (χ0n) is 10.2. The van der Waals surface area contributed by atoms with Gasteiger partial charge in [-0.3, -0.25) is 0 Å². The zero-order chi connectivity index (χ0) is 14.4. The molecule has 19 heavy (non-hydrogen) atoms. The topological polar surface area (TPSA) is 133 Å². The van der Waals surface area contributed by atoms with Crippen LogP contribution in [0.2, 0.25) is 0 Å². The fourth-order valence-electron chi connectivity index (χ4n) is 2.11. The van der Waals surface area contributed by atoms with E-state index in [4.69, 9.17) is 20.7 Å². The summed E-state index contributed by atoms with van der Waals surface area (Å²) >= 11 is 0. The first kappa shape index (κ1) is 13.6. The van der Waals surface area contributed by atoms with Crippen LogP contribution in [0.3, 0.4) is 0 Å². The number of nitrogen functional groups attached to an aromatic ring is 1. The molecule has 0 aliphatic carbocycles. The van der Waals surface area contributed by atoms with Crippen molar-refractivity contribution in [2.45, 2.75) is 25.2 Å². The Labute approximate surface area is 110 Å².